The molecule has 0 atom stereocenters. The minimum absolute atomic E-state index is 0.768. The van der Waals surface area contributed by atoms with E-state index in [1.165, 1.54) is 63.2 Å². The van der Waals surface area contributed by atoms with Crippen LogP contribution in [0.1, 0.15) is 64.9 Å². The number of hydrogen-bond acceptors (Lipinski definition) is 0. The Labute approximate surface area is 160 Å². The molecule has 0 aliphatic carbocycles. The predicted octanol–water partition coefficient (Wildman–Crippen LogP) is 9.99. The summed E-state index contributed by atoms with van der Waals surface area (Å²) in [4.78, 5) is 0. The van der Waals surface area contributed by atoms with Crippen molar-refractivity contribution in [3.8, 4) is 0 Å². The van der Waals surface area contributed by atoms with Crippen LogP contribution >= 0.6 is 15.1 Å². The molecule has 0 nitrogen and oxygen atoms in total. The standard InChI is InChI=1S/C19H34P.F6P/c1-4-7-15-20(16-8-5-2,17-9-6-3)18-19-13-11-10-12-14-19;1-7(2,3,4,5)6/h10-14H,4-9,15-18H2,1-3H3;/q+1;-1. The van der Waals surface area contributed by atoms with Crippen molar-refractivity contribution < 1.29 is 25.2 Å². The zero-order valence-corrected chi connectivity index (χ0v) is 18.4. The topological polar surface area (TPSA) is 0 Å². The Morgan fingerprint density at radius 3 is 1.30 bits per heavy atom. The van der Waals surface area contributed by atoms with Gasteiger partial charge in [-0.15, -0.1) is 0 Å². The van der Waals surface area contributed by atoms with Crippen LogP contribution in [0.2, 0.25) is 0 Å². The molecule has 162 valence electrons. The fraction of sp³-hybridized carbons (Fsp3) is 0.684. The van der Waals surface area contributed by atoms with E-state index in [1.807, 2.05) is 0 Å². The average Bonchev–Trinajstić information content (AvgIpc) is 2.54. The SMILES string of the molecule is CCCC[P+](CCCC)(CCCC)Cc1ccccc1.F[P-](F)(F)(F)(F)F. The molecule has 0 radical (unpaired) electrons. The van der Waals surface area contributed by atoms with Gasteiger partial charge in [0.1, 0.15) is 0 Å². The van der Waals surface area contributed by atoms with Crippen molar-refractivity contribution in [2.75, 3.05) is 18.5 Å². The Balaban J connectivity index is 0.000000821. The van der Waals surface area contributed by atoms with E-state index in [0.29, 0.717) is 0 Å². The molecule has 8 heteroatoms. The molecule has 0 aliphatic rings. The van der Waals surface area contributed by atoms with Crippen molar-refractivity contribution in [1.82, 2.24) is 0 Å². The van der Waals surface area contributed by atoms with Crippen LogP contribution in [0.4, 0.5) is 25.2 Å². The maximum atomic E-state index is 9.87. The summed E-state index contributed by atoms with van der Waals surface area (Å²) in [6, 6.07) is 11.3. The monoisotopic (exact) mass is 438 g/mol. The van der Waals surface area contributed by atoms with Gasteiger partial charge in [-0.05, 0) is 24.8 Å². The van der Waals surface area contributed by atoms with E-state index < -0.39 is 15.1 Å². The van der Waals surface area contributed by atoms with Gasteiger partial charge in [0, 0.05) is 7.26 Å². The summed E-state index contributed by atoms with van der Waals surface area (Å²) in [6.07, 6.45) is 14.4. The molecule has 27 heavy (non-hydrogen) atoms. The molecular weight excluding hydrogens is 404 g/mol. The first-order chi connectivity index (χ1) is 12.2. The molecule has 1 aromatic carbocycles. The summed E-state index contributed by atoms with van der Waals surface area (Å²) in [6.45, 7) is 7.03. The van der Waals surface area contributed by atoms with Gasteiger partial charge in [-0.25, -0.2) is 0 Å². The third-order valence-electron chi connectivity index (χ3n) is 4.32. The molecule has 0 N–H and O–H groups in total. The molecule has 0 amide bonds. The summed E-state index contributed by atoms with van der Waals surface area (Å²) in [5, 5.41) is 0. The van der Waals surface area contributed by atoms with Crippen molar-refractivity contribution in [1.29, 1.82) is 0 Å². The molecule has 0 saturated carbocycles. The van der Waals surface area contributed by atoms with E-state index in [-0.39, 0.29) is 0 Å². The van der Waals surface area contributed by atoms with Crippen molar-refractivity contribution in [2.45, 2.75) is 65.5 Å². The molecule has 0 bridgehead atoms. The van der Waals surface area contributed by atoms with E-state index >= 15 is 0 Å². The summed E-state index contributed by atoms with van der Waals surface area (Å²) >= 11 is 0. The van der Waals surface area contributed by atoms with Crippen molar-refractivity contribution in [2.24, 2.45) is 0 Å². The van der Waals surface area contributed by atoms with Crippen LogP contribution in [0.3, 0.4) is 0 Å². The Hall–Kier alpha value is -0.340. The van der Waals surface area contributed by atoms with Crippen LogP contribution in [0.5, 0.6) is 0 Å². The van der Waals surface area contributed by atoms with E-state index in [0.717, 1.165) is 0 Å². The Morgan fingerprint density at radius 2 is 1.00 bits per heavy atom. The van der Waals surface area contributed by atoms with E-state index in [2.05, 4.69) is 51.1 Å². The van der Waals surface area contributed by atoms with Gasteiger partial charge in [0.15, 0.2) is 0 Å². The normalized spacial score (nSPS) is 14.7. The first kappa shape index (κ1) is 26.7. The van der Waals surface area contributed by atoms with Gasteiger partial charge in [-0.1, -0.05) is 70.4 Å². The molecule has 0 aromatic heterocycles. The number of unbranched alkanes of at least 4 members (excludes halogenated alkanes) is 3. The van der Waals surface area contributed by atoms with Crippen LogP contribution in [-0.2, 0) is 6.16 Å². The van der Waals surface area contributed by atoms with Crippen molar-refractivity contribution in [3.05, 3.63) is 35.9 Å². The van der Waals surface area contributed by atoms with Gasteiger partial charge in [0.2, 0.25) is 0 Å². The third kappa shape index (κ3) is 18.8. The Morgan fingerprint density at radius 1 is 0.667 bits per heavy atom. The Bertz CT molecular complexity index is 480. The van der Waals surface area contributed by atoms with Crippen LogP contribution in [0.25, 0.3) is 0 Å². The first-order valence-electron chi connectivity index (χ1n) is 9.66. The second-order valence-corrected chi connectivity index (χ2v) is 13.4. The van der Waals surface area contributed by atoms with Gasteiger partial charge < -0.3 is 0 Å². The molecule has 0 heterocycles. The number of hydrogen-bond donors (Lipinski definition) is 0. The zero-order chi connectivity index (χ0) is 21.1. The summed E-state index contributed by atoms with van der Waals surface area (Å²) in [7, 11) is -11.4. The van der Waals surface area contributed by atoms with Crippen LogP contribution in [0, 0.1) is 0 Å². The van der Waals surface area contributed by atoms with Crippen molar-refractivity contribution in [3.63, 3.8) is 0 Å². The molecular formula is C19H34F6P2. The molecule has 0 fully saturated rings. The second kappa shape index (κ2) is 10.4. The van der Waals surface area contributed by atoms with Crippen LogP contribution in [-0.4, -0.2) is 18.5 Å². The van der Waals surface area contributed by atoms with Crippen LogP contribution < -0.4 is 0 Å². The second-order valence-electron chi connectivity index (χ2n) is 7.18. The Kier molecular flexibility index (Phi) is 10.3. The van der Waals surface area contributed by atoms with E-state index in [1.54, 1.807) is 5.56 Å². The number of benzene rings is 1. The fourth-order valence-electron chi connectivity index (χ4n) is 3.02. The number of rotatable bonds is 11. The predicted molar refractivity (Wildman–Crippen MR) is 110 cm³/mol. The number of halogens is 6. The third-order valence-corrected chi connectivity index (χ3v) is 9.15. The van der Waals surface area contributed by atoms with Gasteiger partial charge in [-0.2, -0.15) is 0 Å². The average molecular weight is 438 g/mol. The summed E-state index contributed by atoms with van der Waals surface area (Å²) in [5.41, 5.74) is 1.59. The van der Waals surface area contributed by atoms with E-state index in [4.69, 9.17) is 0 Å². The molecule has 0 saturated heterocycles. The first-order valence-corrected chi connectivity index (χ1v) is 14.2. The zero-order valence-electron chi connectivity index (χ0n) is 16.6. The van der Waals surface area contributed by atoms with Gasteiger partial charge in [-0.3, -0.25) is 0 Å². The van der Waals surface area contributed by atoms with Crippen LogP contribution in [0.15, 0.2) is 30.3 Å². The molecule has 1 aromatic rings. The van der Waals surface area contributed by atoms with Gasteiger partial charge in [0.25, 0.3) is 0 Å². The molecule has 1 rings (SSSR count). The van der Waals surface area contributed by atoms with Gasteiger partial charge in [0.05, 0.1) is 24.6 Å². The maximum absolute atomic E-state index is 10.7. The molecule has 0 unspecified atom stereocenters. The quantitative estimate of drug-likeness (QED) is 0.238. The fourth-order valence-corrected chi connectivity index (χ4v) is 8.12. The van der Waals surface area contributed by atoms with Gasteiger partial charge >= 0.3 is 33.0 Å². The molecule has 0 aliphatic heterocycles. The summed E-state index contributed by atoms with van der Waals surface area (Å²) in [5.74, 6) is 0. The molecule has 0 spiro atoms. The minimum atomic E-state index is -10.7. The van der Waals surface area contributed by atoms with E-state index in [9.17, 15) is 25.2 Å². The van der Waals surface area contributed by atoms with Crippen molar-refractivity contribution >= 4 is 15.1 Å². The summed E-state index contributed by atoms with van der Waals surface area (Å²) < 4.78 is 59.2.